The van der Waals surface area contributed by atoms with Gasteiger partial charge in [0.2, 0.25) is 0 Å². The van der Waals surface area contributed by atoms with E-state index in [4.69, 9.17) is 4.74 Å². The molecule has 1 heterocycles. The molecule has 0 radical (unpaired) electrons. The van der Waals surface area contributed by atoms with Gasteiger partial charge in [-0.25, -0.2) is 4.39 Å². The first-order valence-electron chi connectivity index (χ1n) is 5.47. The topological polar surface area (TPSA) is 29.5 Å². The van der Waals surface area contributed by atoms with E-state index in [0.29, 0.717) is 5.56 Å². The van der Waals surface area contributed by atoms with Gasteiger partial charge in [-0.15, -0.1) is 11.3 Å². The summed E-state index contributed by atoms with van der Waals surface area (Å²) in [7, 11) is 1.42. The summed E-state index contributed by atoms with van der Waals surface area (Å²) in [5.74, 6) is -0.232. The molecule has 19 heavy (non-hydrogen) atoms. The van der Waals surface area contributed by atoms with Crippen molar-refractivity contribution in [2.24, 2.45) is 0 Å². The fourth-order valence-corrected chi connectivity index (χ4v) is 4.73. The molecule has 0 amide bonds. The quantitative estimate of drug-likeness (QED) is 0.793. The van der Waals surface area contributed by atoms with Crippen LogP contribution in [-0.4, -0.2) is 12.2 Å². The number of hydrogen-bond donors (Lipinski definition) is 1. The van der Waals surface area contributed by atoms with E-state index in [1.807, 2.05) is 6.07 Å². The minimum Gasteiger partial charge on any atom is -0.494 e. The Morgan fingerprint density at radius 1 is 1.42 bits per heavy atom. The maximum Gasteiger partial charge on any atom is 0.168 e. The highest BCUT2D eigenvalue weighted by Crippen LogP contribution is 2.37. The standard InChI is InChI=1S/C13H11Br2FO2S/c1-18-10-4-2-3-7(12(10)16)5-9(17)8-6-11(14)19-13(8)15/h2-4,6,9,17H,5H2,1H3. The second kappa shape index (κ2) is 6.35. The van der Waals surface area contributed by atoms with Gasteiger partial charge in [-0.1, -0.05) is 12.1 Å². The molecule has 2 aromatic rings. The lowest BCUT2D eigenvalue weighted by molar-refractivity contribution is 0.176. The van der Waals surface area contributed by atoms with E-state index in [-0.39, 0.29) is 12.2 Å². The zero-order valence-corrected chi connectivity index (χ0v) is 14.0. The monoisotopic (exact) mass is 408 g/mol. The van der Waals surface area contributed by atoms with Crippen LogP contribution in [-0.2, 0) is 6.42 Å². The third kappa shape index (κ3) is 3.37. The molecule has 0 saturated heterocycles. The van der Waals surface area contributed by atoms with Crippen molar-refractivity contribution in [2.45, 2.75) is 12.5 Å². The van der Waals surface area contributed by atoms with Crippen LogP contribution in [0.4, 0.5) is 4.39 Å². The van der Waals surface area contributed by atoms with Crippen LogP contribution in [0.5, 0.6) is 5.75 Å². The van der Waals surface area contributed by atoms with Crippen molar-refractivity contribution in [3.05, 3.63) is 48.8 Å². The van der Waals surface area contributed by atoms with E-state index in [1.54, 1.807) is 18.2 Å². The summed E-state index contributed by atoms with van der Waals surface area (Å²) in [6, 6.07) is 6.75. The van der Waals surface area contributed by atoms with Gasteiger partial charge in [0.15, 0.2) is 11.6 Å². The van der Waals surface area contributed by atoms with Crippen LogP contribution in [0.15, 0.2) is 31.8 Å². The van der Waals surface area contributed by atoms with E-state index in [1.165, 1.54) is 18.4 Å². The van der Waals surface area contributed by atoms with E-state index in [0.717, 1.165) is 13.1 Å². The summed E-state index contributed by atoms with van der Waals surface area (Å²) in [5, 5.41) is 10.2. The Bertz CT molecular complexity index is 586. The number of aliphatic hydroxyl groups excluding tert-OH is 1. The SMILES string of the molecule is COc1cccc(CC(O)c2cc(Br)sc2Br)c1F. The van der Waals surface area contributed by atoms with Gasteiger partial charge in [-0.3, -0.25) is 0 Å². The molecule has 0 aliphatic heterocycles. The average molecular weight is 410 g/mol. The minimum absolute atomic E-state index is 0.190. The van der Waals surface area contributed by atoms with Crippen molar-refractivity contribution < 1.29 is 14.2 Å². The molecule has 0 saturated carbocycles. The van der Waals surface area contributed by atoms with Crippen molar-refractivity contribution in [1.29, 1.82) is 0 Å². The molecule has 0 bridgehead atoms. The van der Waals surface area contributed by atoms with Crippen molar-refractivity contribution >= 4 is 43.2 Å². The molecule has 1 N–H and O–H groups in total. The Morgan fingerprint density at radius 3 is 2.74 bits per heavy atom. The number of thiophene rings is 1. The predicted molar refractivity (Wildman–Crippen MR) is 81.3 cm³/mol. The first-order valence-corrected chi connectivity index (χ1v) is 7.87. The van der Waals surface area contributed by atoms with Crippen molar-refractivity contribution in [3.63, 3.8) is 0 Å². The zero-order valence-electron chi connectivity index (χ0n) is 9.99. The van der Waals surface area contributed by atoms with Crippen LogP contribution >= 0.6 is 43.2 Å². The molecule has 6 heteroatoms. The Hall–Kier alpha value is -0.430. The number of hydrogen-bond acceptors (Lipinski definition) is 3. The molecule has 0 spiro atoms. The summed E-state index contributed by atoms with van der Waals surface area (Å²) < 4.78 is 20.7. The Balaban J connectivity index is 2.24. The lowest BCUT2D eigenvalue weighted by Crippen LogP contribution is -2.04. The zero-order chi connectivity index (χ0) is 14.0. The smallest absolute Gasteiger partial charge is 0.168 e. The number of benzene rings is 1. The number of halogens is 3. The number of ether oxygens (including phenoxy) is 1. The molecule has 0 aliphatic carbocycles. The normalized spacial score (nSPS) is 12.5. The molecule has 1 atom stereocenters. The van der Waals surface area contributed by atoms with Crippen LogP contribution in [0.1, 0.15) is 17.2 Å². The van der Waals surface area contributed by atoms with Gasteiger partial charge in [0.1, 0.15) is 0 Å². The van der Waals surface area contributed by atoms with E-state index in [2.05, 4.69) is 31.9 Å². The van der Waals surface area contributed by atoms with Crippen LogP contribution in [0.2, 0.25) is 0 Å². The maximum atomic E-state index is 14.0. The van der Waals surface area contributed by atoms with Crippen molar-refractivity contribution in [2.75, 3.05) is 7.11 Å². The number of aliphatic hydroxyl groups is 1. The van der Waals surface area contributed by atoms with Gasteiger partial charge >= 0.3 is 0 Å². The number of methoxy groups -OCH3 is 1. The van der Waals surface area contributed by atoms with E-state index in [9.17, 15) is 9.50 Å². The highest BCUT2D eigenvalue weighted by molar-refractivity contribution is 9.12. The van der Waals surface area contributed by atoms with Crippen LogP contribution < -0.4 is 4.74 Å². The lowest BCUT2D eigenvalue weighted by Gasteiger charge is -2.12. The van der Waals surface area contributed by atoms with Gasteiger partial charge in [-0.05, 0) is 49.6 Å². The highest BCUT2D eigenvalue weighted by Gasteiger charge is 2.18. The van der Waals surface area contributed by atoms with Gasteiger partial charge < -0.3 is 9.84 Å². The third-order valence-corrected chi connectivity index (χ3v) is 5.10. The molecule has 0 fully saturated rings. The van der Waals surface area contributed by atoms with Gasteiger partial charge in [0.25, 0.3) is 0 Å². The second-order valence-corrected chi connectivity index (χ2v) is 7.68. The summed E-state index contributed by atoms with van der Waals surface area (Å²) in [5.41, 5.74) is 1.18. The molecule has 1 aromatic heterocycles. The molecule has 2 rings (SSSR count). The molecular weight excluding hydrogens is 399 g/mol. The maximum absolute atomic E-state index is 14.0. The van der Waals surface area contributed by atoms with Crippen molar-refractivity contribution in [1.82, 2.24) is 0 Å². The molecular formula is C13H11Br2FO2S. The van der Waals surface area contributed by atoms with Crippen LogP contribution in [0, 0.1) is 5.82 Å². The van der Waals surface area contributed by atoms with Crippen LogP contribution in [0.25, 0.3) is 0 Å². The fourth-order valence-electron chi connectivity index (χ4n) is 1.77. The molecule has 1 unspecified atom stereocenters. The summed E-state index contributed by atoms with van der Waals surface area (Å²) in [6.45, 7) is 0. The average Bonchev–Trinajstić information content (AvgIpc) is 2.71. The molecule has 1 aromatic carbocycles. The van der Waals surface area contributed by atoms with Crippen LogP contribution in [0.3, 0.4) is 0 Å². The summed E-state index contributed by atoms with van der Waals surface area (Å²) in [4.78, 5) is 0. The molecule has 0 aliphatic rings. The molecule has 102 valence electrons. The van der Waals surface area contributed by atoms with Gasteiger partial charge in [0.05, 0.1) is 20.8 Å². The summed E-state index contributed by atoms with van der Waals surface area (Å²) in [6.07, 6.45) is -0.566. The first kappa shape index (κ1) is 15.0. The number of rotatable bonds is 4. The Morgan fingerprint density at radius 2 is 2.16 bits per heavy atom. The van der Waals surface area contributed by atoms with Gasteiger partial charge in [0, 0.05) is 12.0 Å². The Kier molecular flexibility index (Phi) is 5.00. The largest absolute Gasteiger partial charge is 0.494 e. The highest BCUT2D eigenvalue weighted by atomic mass is 79.9. The van der Waals surface area contributed by atoms with E-state index < -0.39 is 11.9 Å². The minimum atomic E-state index is -0.765. The third-order valence-electron chi connectivity index (χ3n) is 2.72. The van der Waals surface area contributed by atoms with Crippen molar-refractivity contribution in [3.8, 4) is 5.75 Å². The van der Waals surface area contributed by atoms with Gasteiger partial charge in [-0.2, -0.15) is 0 Å². The van der Waals surface area contributed by atoms with E-state index >= 15 is 0 Å². The Labute approximate surface area is 131 Å². The first-order chi connectivity index (χ1) is 9.02. The second-order valence-electron chi connectivity index (χ2n) is 3.93. The lowest BCUT2D eigenvalue weighted by atomic mass is 10.0. The fraction of sp³-hybridized carbons (Fsp3) is 0.231. The predicted octanol–water partition coefficient (Wildman–Crippen LogP) is 4.70. The molecule has 2 nitrogen and oxygen atoms in total. The summed E-state index contributed by atoms with van der Waals surface area (Å²) >= 11 is 8.22.